The lowest BCUT2D eigenvalue weighted by Crippen LogP contribution is -2.42. The van der Waals surface area contributed by atoms with Gasteiger partial charge in [0.15, 0.2) is 0 Å². The van der Waals surface area contributed by atoms with Crippen LogP contribution in [0, 0.1) is 34.5 Å². The highest BCUT2D eigenvalue weighted by Gasteiger charge is 2.45. The molecule has 0 bridgehead atoms. The highest BCUT2D eigenvalue weighted by molar-refractivity contribution is 5.79. The molecule has 0 aromatic heterocycles. The van der Waals surface area contributed by atoms with E-state index in [0.717, 1.165) is 75.0 Å². The molecule has 3 fully saturated rings. The zero-order valence-electron chi connectivity index (χ0n) is 17.6. The van der Waals surface area contributed by atoms with Crippen molar-refractivity contribution in [2.45, 2.75) is 105 Å². The van der Waals surface area contributed by atoms with Crippen LogP contribution in [0.1, 0.15) is 105 Å². The number of rotatable bonds is 4. The van der Waals surface area contributed by atoms with E-state index in [0.29, 0.717) is 22.4 Å². The van der Waals surface area contributed by atoms with E-state index in [-0.39, 0.29) is 0 Å². The van der Waals surface area contributed by atoms with Crippen LogP contribution in [-0.4, -0.2) is 11.6 Å². The highest BCUT2D eigenvalue weighted by Crippen LogP contribution is 2.54. The van der Waals surface area contributed by atoms with Crippen LogP contribution in [0.15, 0.2) is 0 Å². The highest BCUT2D eigenvalue weighted by atomic mass is 16.1. The van der Waals surface area contributed by atoms with E-state index in [1.807, 2.05) is 0 Å². The van der Waals surface area contributed by atoms with Gasteiger partial charge in [-0.1, -0.05) is 34.1 Å². The summed E-state index contributed by atoms with van der Waals surface area (Å²) in [6.07, 6.45) is 13.1. The first-order valence-electron chi connectivity index (χ1n) is 11.2. The molecule has 0 aromatic rings. The van der Waals surface area contributed by atoms with Crippen LogP contribution in [-0.2, 0) is 9.59 Å². The fraction of sp³-hybridized carbons (Fsp3) is 0.917. The number of carbonyl (C=O) groups excluding carboxylic acids is 2. The lowest BCUT2D eigenvalue weighted by atomic mass is 9.54. The summed E-state index contributed by atoms with van der Waals surface area (Å²) >= 11 is 0. The second-order valence-corrected chi connectivity index (χ2v) is 10.8. The maximum atomic E-state index is 11.7. The van der Waals surface area contributed by atoms with Gasteiger partial charge >= 0.3 is 0 Å². The van der Waals surface area contributed by atoms with Gasteiger partial charge in [-0.25, -0.2) is 0 Å². The predicted octanol–water partition coefficient (Wildman–Crippen LogP) is 6.36. The number of hydrogen-bond donors (Lipinski definition) is 0. The Labute approximate surface area is 160 Å². The van der Waals surface area contributed by atoms with E-state index < -0.39 is 0 Å². The van der Waals surface area contributed by atoms with Crippen molar-refractivity contribution in [1.82, 2.24) is 0 Å². The number of carbonyl (C=O) groups is 2. The van der Waals surface area contributed by atoms with Gasteiger partial charge in [0, 0.05) is 25.7 Å². The topological polar surface area (TPSA) is 34.1 Å². The molecule has 0 aromatic carbocycles. The van der Waals surface area contributed by atoms with Crippen LogP contribution in [0.5, 0.6) is 0 Å². The Morgan fingerprint density at radius 3 is 1.27 bits per heavy atom. The van der Waals surface area contributed by atoms with Crippen molar-refractivity contribution in [3.05, 3.63) is 0 Å². The summed E-state index contributed by atoms with van der Waals surface area (Å²) in [4.78, 5) is 23.3. The maximum absolute atomic E-state index is 11.7. The normalized spacial score (nSPS) is 30.6. The van der Waals surface area contributed by atoms with Gasteiger partial charge in [0.25, 0.3) is 0 Å². The smallest absolute Gasteiger partial charge is 0.132 e. The van der Waals surface area contributed by atoms with E-state index in [1.54, 1.807) is 0 Å². The molecule has 0 N–H and O–H groups in total. The third-order valence-corrected chi connectivity index (χ3v) is 8.97. The summed E-state index contributed by atoms with van der Waals surface area (Å²) in [5.41, 5.74) is 0.718. The van der Waals surface area contributed by atoms with Crippen LogP contribution in [0.25, 0.3) is 0 Å². The molecule has 0 spiro atoms. The van der Waals surface area contributed by atoms with Crippen LogP contribution < -0.4 is 0 Å². The molecule has 0 saturated heterocycles. The maximum Gasteiger partial charge on any atom is 0.132 e. The van der Waals surface area contributed by atoms with Gasteiger partial charge in [-0.3, -0.25) is 9.59 Å². The largest absolute Gasteiger partial charge is 0.300 e. The van der Waals surface area contributed by atoms with Crippen molar-refractivity contribution < 1.29 is 9.59 Å². The number of hydrogen-bond acceptors (Lipinski definition) is 2. The zero-order chi connectivity index (χ0) is 18.9. The first kappa shape index (κ1) is 20.1. The van der Waals surface area contributed by atoms with Crippen molar-refractivity contribution in [3.63, 3.8) is 0 Å². The molecule has 2 heteroatoms. The monoisotopic (exact) mass is 360 g/mol. The Hall–Kier alpha value is -0.660. The van der Waals surface area contributed by atoms with Crippen molar-refractivity contribution in [2.24, 2.45) is 34.5 Å². The fourth-order valence-electron chi connectivity index (χ4n) is 6.58. The number of ketones is 2. The molecule has 0 radical (unpaired) electrons. The van der Waals surface area contributed by atoms with Gasteiger partial charge in [0.1, 0.15) is 11.6 Å². The van der Waals surface area contributed by atoms with Gasteiger partial charge in [-0.15, -0.1) is 0 Å². The van der Waals surface area contributed by atoms with E-state index in [9.17, 15) is 9.59 Å². The molecule has 0 amide bonds. The van der Waals surface area contributed by atoms with Crippen LogP contribution in [0.4, 0.5) is 0 Å². The standard InChI is InChI=1S/C24H40O2/c1-23(2,17-8-12-21(25)13-9-17)19-6-5-7-20(16-19)24(3,4)18-10-14-22(26)15-11-18/h17-20H,5-16H2,1-4H3. The van der Waals surface area contributed by atoms with Crippen LogP contribution >= 0.6 is 0 Å². The van der Waals surface area contributed by atoms with Crippen LogP contribution in [0.3, 0.4) is 0 Å². The van der Waals surface area contributed by atoms with E-state index in [2.05, 4.69) is 27.7 Å². The molecule has 26 heavy (non-hydrogen) atoms. The van der Waals surface area contributed by atoms with E-state index in [4.69, 9.17) is 0 Å². The minimum atomic E-state index is 0.359. The molecule has 3 rings (SSSR count). The lowest BCUT2D eigenvalue weighted by molar-refractivity contribution is -0.122. The fourth-order valence-corrected chi connectivity index (χ4v) is 6.58. The molecule has 2 unspecified atom stereocenters. The molecular formula is C24H40O2. The predicted molar refractivity (Wildman–Crippen MR) is 107 cm³/mol. The average Bonchev–Trinajstić information content (AvgIpc) is 2.62. The molecule has 2 nitrogen and oxygen atoms in total. The van der Waals surface area contributed by atoms with Gasteiger partial charge < -0.3 is 0 Å². The van der Waals surface area contributed by atoms with Gasteiger partial charge in [0.2, 0.25) is 0 Å². The summed E-state index contributed by atoms with van der Waals surface area (Å²) in [6.45, 7) is 9.97. The van der Waals surface area contributed by atoms with Gasteiger partial charge in [-0.05, 0) is 79.4 Å². The first-order chi connectivity index (χ1) is 12.2. The molecule has 148 valence electrons. The molecule has 3 aliphatic rings. The zero-order valence-corrected chi connectivity index (χ0v) is 17.6. The quantitative estimate of drug-likeness (QED) is 0.584. The Kier molecular flexibility index (Phi) is 5.99. The third kappa shape index (κ3) is 4.09. The van der Waals surface area contributed by atoms with Crippen molar-refractivity contribution >= 4 is 11.6 Å². The second-order valence-electron chi connectivity index (χ2n) is 10.8. The van der Waals surface area contributed by atoms with Crippen molar-refractivity contribution in [1.29, 1.82) is 0 Å². The van der Waals surface area contributed by atoms with Crippen LogP contribution in [0.2, 0.25) is 0 Å². The summed E-state index contributed by atoms with van der Waals surface area (Å²) in [7, 11) is 0. The molecule has 3 aliphatic carbocycles. The third-order valence-electron chi connectivity index (χ3n) is 8.97. The molecule has 0 heterocycles. The summed E-state index contributed by atoms with van der Waals surface area (Å²) in [6, 6.07) is 0. The van der Waals surface area contributed by atoms with Gasteiger partial charge in [0.05, 0.1) is 0 Å². The molecule has 0 aliphatic heterocycles. The van der Waals surface area contributed by atoms with E-state index >= 15 is 0 Å². The lowest BCUT2D eigenvalue weighted by Gasteiger charge is -2.51. The summed E-state index contributed by atoms with van der Waals surface area (Å²) in [5.74, 6) is 3.99. The molecule has 2 atom stereocenters. The number of Topliss-reactive ketones (excluding diaryl/α,β-unsaturated/α-hetero) is 2. The van der Waals surface area contributed by atoms with E-state index in [1.165, 1.54) is 25.7 Å². The summed E-state index contributed by atoms with van der Waals surface area (Å²) in [5, 5.41) is 0. The van der Waals surface area contributed by atoms with Gasteiger partial charge in [-0.2, -0.15) is 0 Å². The minimum Gasteiger partial charge on any atom is -0.300 e. The van der Waals surface area contributed by atoms with Crippen molar-refractivity contribution in [2.75, 3.05) is 0 Å². The minimum absolute atomic E-state index is 0.359. The summed E-state index contributed by atoms with van der Waals surface area (Å²) < 4.78 is 0. The van der Waals surface area contributed by atoms with Crippen molar-refractivity contribution in [3.8, 4) is 0 Å². The Bertz CT molecular complexity index is 464. The molecular weight excluding hydrogens is 320 g/mol. The second kappa shape index (κ2) is 7.76. The Balaban J connectivity index is 1.66. The Morgan fingerprint density at radius 1 is 0.577 bits per heavy atom. The molecule has 3 saturated carbocycles. The Morgan fingerprint density at radius 2 is 0.923 bits per heavy atom. The SMILES string of the molecule is CC(C)(C1CCC(=O)CC1)C1CCCC(C(C)(C)C2CCC(=O)CC2)C1. The average molecular weight is 361 g/mol. The first-order valence-corrected chi connectivity index (χ1v) is 11.2.